The van der Waals surface area contributed by atoms with Crippen LogP contribution in [0.4, 0.5) is 0 Å². The van der Waals surface area contributed by atoms with Crippen LogP contribution >= 0.6 is 0 Å². The fraction of sp³-hybridized carbons (Fsp3) is 0.846. The zero-order valence-corrected chi connectivity index (χ0v) is 11.9. The predicted molar refractivity (Wildman–Crippen MR) is 71.7 cm³/mol. The standard InChI is InChI=1S/C13H24N4O2/c1-3-5-14-9-12-15-13(16-19-12)11-10-17(6-4-2)7-8-18-11/h11,14H,3-10H2,1-2H3. The van der Waals surface area contributed by atoms with Gasteiger partial charge in [0.15, 0.2) is 0 Å². The molecule has 6 nitrogen and oxygen atoms in total. The summed E-state index contributed by atoms with van der Waals surface area (Å²) in [5.41, 5.74) is 0. The topological polar surface area (TPSA) is 63.4 Å². The Kier molecular flexibility index (Phi) is 5.75. The lowest BCUT2D eigenvalue weighted by Crippen LogP contribution is -2.39. The molecule has 1 aliphatic heterocycles. The highest BCUT2D eigenvalue weighted by molar-refractivity contribution is 4.94. The van der Waals surface area contributed by atoms with Crippen molar-refractivity contribution in [2.24, 2.45) is 0 Å². The Morgan fingerprint density at radius 3 is 3.05 bits per heavy atom. The molecule has 0 amide bonds. The Bertz CT molecular complexity index is 367. The summed E-state index contributed by atoms with van der Waals surface area (Å²) in [6, 6.07) is 0. The lowest BCUT2D eigenvalue weighted by molar-refractivity contribution is -0.0350. The molecular weight excluding hydrogens is 244 g/mol. The van der Waals surface area contributed by atoms with Crippen LogP contribution in [0.25, 0.3) is 0 Å². The molecule has 6 heteroatoms. The van der Waals surface area contributed by atoms with Crippen LogP contribution in [-0.2, 0) is 11.3 Å². The molecule has 0 bridgehead atoms. The smallest absolute Gasteiger partial charge is 0.240 e. The molecule has 19 heavy (non-hydrogen) atoms. The van der Waals surface area contributed by atoms with Gasteiger partial charge in [0, 0.05) is 13.1 Å². The number of hydrogen-bond acceptors (Lipinski definition) is 6. The van der Waals surface area contributed by atoms with E-state index in [-0.39, 0.29) is 6.10 Å². The van der Waals surface area contributed by atoms with Crippen LogP contribution < -0.4 is 5.32 Å². The molecule has 1 aliphatic rings. The van der Waals surface area contributed by atoms with Gasteiger partial charge in [-0.2, -0.15) is 4.98 Å². The zero-order chi connectivity index (χ0) is 13.5. The van der Waals surface area contributed by atoms with Gasteiger partial charge in [-0.1, -0.05) is 19.0 Å². The van der Waals surface area contributed by atoms with E-state index in [0.717, 1.165) is 45.6 Å². The van der Waals surface area contributed by atoms with Crippen LogP contribution in [0.2, 0.25) is 0 Å². The number of aromatic nitrogens is 2. The van der Waals surface area contributed by atoms with Gasteiger partial charge in [0.1, 0.15) is 6.10 Å². The molecule has 1 N–H and O–H groups in total. The van der Waals surface area contributed by atoms with E-state index >= 15 is 0 Å². The summed E-state index contributed by atoms with van der Waals surface area (Å²) in [4.78, 5) is 6.80. The summed E-state index contributed by atoms with van der Waals surface area (Å²) < 4.78 is 11.0. The molecule has 2 heterocycles. The third kappa shape index (κ3) is 4.26. The highest BCUT2D eigenvalue weighted by atomic mass is 16.5. The van der Waals surface area contributed by atoms with Gasteiger partial charge in [-0.3, -0.25) is 4.90 Å². The van der Waals surface area contributed by atoms with Crippen LogP contribution in [0.5, 0.6) is 0 Å². The van der Waals surface area contributed by atoms with Crippen LogP contribution in [0.15, 0.2) is 4.52 Å². The highest BCUT2D eigenvalue weighted by Crippen LogP contribution is 2.19. The Morgan fingerprint density at radius 1 is 1.37 bits per heavy atom. The Hall–Kier alpha value is -0.980. The van der Waals surface area contributed by atoms with Crippen LogP contribution in [0.3, 0.4) is 0 Å². The van der Waals surface area contributed by atoms with E-state index in [9.17, 15) is 0 Å². The van der Waals surface area contributed by atoms with Crippen molar-refractivity contribution in [2.75, 3.05) is 32.8 Å². The number of ether oxygens (including phenoxy) is 1. The van der Waals surface area contributed by atoms with Crippen molar-refractivity contribution < 1.29 is 9.26 Å². The molecule has 1 unspecified atom stereocenters. The van der Waals surface area contributed by atoms with Gasteiger partial charge in [0.25, 0.3) is 0 Å². The highest BCUT2D eigenvalue weighted by Gasteiger charge is 2.25. The number of rotatable bonds is 7. The summed E-state index contributed by atoms with van der Waals surface area (Å²) in [6.07, 6.45) is 2.20. The Labute approximate surface area is 114 Å². The molecule has 1 saturated heterocycles. The molecule has 0 aromatic carbocycles. The molecule has 0 radical (unpaired) electrons. The van der Waals surface area contributed by atoms with Crippen molar-refractivity contribution in [2.45, 2.75) is 39.3 Å². The Morgan fingerprint density at radius 2 is 2.26 bits per heavy atom. The zero-order valence-electron chi connectivity index (χ0n) is 11.9. The summed E-state index contributed by atoms with van der Waals surface area (Å²) in [5.74, 6) is 1.31. The second kappa shape index (κ2) is 7.57. The second-order valence-corrected chi connectivity index (χ2v) is 4.88. The van der Waals surface area contributed by atoms with Gasteiger partial charge in [0.05, 0.1) is 13.2 Å². The van der Waals surface area contributed by atoms with E-state index in [4.69, 9.17) is 9.26 Å². The van der Waals surface area contributed by atoms with Crippen molar-refractivity contribution in [1.29, 1.82) is 0 Å². The monoisotopic (exact) mass is 268 g/mol. The van der Waals surface area contributed by atoms with E-state index in [1.807, 2.05) is 0 Å². The normalized spacial score (nSPS) is 20.8. The number of nitrogens with zero attached hydrogens (tertiary/aromatic N) is 3. The van der Waals surface area contributed by atoms with Crippen molar-refractivity contribution >= 4 is 0 Å². The van der Waals surface area contributed by atoms with Gasteiger partial charge in [-0.15, -0.1) is 0 Å². The lowest BCUT2D eigenvalue weighted by atomic mass is 10.2. The maximum Gasteiger partial charge on any atom is 0.240 e. The van der Waals surface area contributed by atoms with E-state index in [0.29, 0.717) is 18.3 Å². The maximum atomic E-state index is 5.73. The predicted octanol–water partition coefficient (Wildman–Crippen LogP) is 1.35. The molecule has 2 rings (SSSR count). The fourth-order valence-electron chi connectivity index (χ4n) is 2.22. The van der Waals surface area contributed by atoms with Crippen LogP contribution in [0.1, 0.15) is 44.5 Å². The third-order valence-electron chi connectivity index (χ3n) is 3.17. The van der Waals surface area contributed by atoms with Crippen LogP contribution in [-0.4, -0.2) is 47.8 Å². The first kappa shape index (κ1) is 14.4. The van der Waals surface area contributed by atoms with Crippen molar-refractivity contribution in [1.82, 2.24) is 20.4 Å². The molecule has 1 atom stereocenters. The molecule has 0 aliphatic carbocycles. The average Bonchev–Trinajstić information content (AvgIpc) is 2.89. The SMILES string of the molecule is CCCNCc1nc(C2CN(CCC)CCO2)no1. The van der Waals surface area contributed by atoms with Gasteiger partial charge < -0.3 is 14.6 Å². The Balaban J connectivity index is 1.86. The summed E-state index contributed by atoms with van der Waals surface area (Å²) in [7, 11) is 0. The van der Waals surface area contributed by atoms with Gasteiger partial charge in [-0.25, -0.2) is 0 Å². The maximum absolute atomic E-state index is 5.73. The average molecular weight is 268 g/mol. The fourth-order valence-corrected chi connectivity index (χ4v) is 2.22. The third-order valence-corrected chi connectivity index (χ3v) is 3.17. The largest absolute Gasteiger partial charge is 0.367 e. The molecule has 1 aromatic heterocycles. The van der Waals surface area contributed by atoms with Crippen LogP contribution in [0, 0.1) is 0 Å². The minimum Gasteiger partial charge on any atom is -0.367 e. The summed E-state index contributed by atoms with van der Waals surface area (Å²) >= 11 is 0. The molecule has 1 aromatic rings. The lowest BCUT2D eigenvalue weighted by Gasteiger charge is -2.30. The number of hydrogen-bond donors (Lipinski definition) is 1. The first-order valence-electron chi connectivity index (χ1n) is 7.20. The van der Waals surface area contributed by atoms with E-state index in [1.165, 1.54) is 0 Å². The first-order valence-corrected chi connectivity index (χ1v) is 7.20. The molecule has 0 spiro atoms. The molecule has 0 saturated carbocycles. The quantitative estimate of drug-likeness (QED) is 0.753. The van der Waals surface area contributed by atoms with E-state index in [2.05, 4.69) is 34.2 Å². The minimum absolute atomic E-state index is 0.0519. The van der Waals surface area contributed by atoms with Crippen molar-refractivity contribution in [3.05, 3.63) is 11.7 Å². The second-order valence-electron chi connectivity index (χ2n) is 4.88. The van der Waals surface area contributed by atoms with Crippen molar-refractivity contribution in [3.8, 4) is 0 Å². The molecule has 108 valence electrons. The molecule has 1 fully saturated rings. The summed E-state index contributed by atoms with van der Waals surface area (Å²) in [5, 5.41) is 7.28. The summed E-state index contributed by atoms with van der Waals surface area (Å²) in [6.45, 7) is 9.60. The molecular formula is C13H24N4O2. The number of morpholine rings is 1. The van der Waals surface area contributed by atoms with E-state index in [1.54, 1.807) is 0 Å². The number of nitrogens with one attached hydrogen (secondary N) is 1. The van der Waals surface area contributed by atoms with Gasteiger partial charge >= 0.3 is 0 Å². The van der Waals surface area contributed by atoms with Crippen molar-refractivity contribution in [3.63, 3.8) is 0 Å². The minimum atomic E-state index is -0.0519. The van der Waals surface area contributed by atoms with Gasteiger partial charge in [-0.05, 0) is 25.9 Å². The van der Waals surface area contributed by atoms with Gasteiger partial charge in [0.2, 0.25) is 11.7 Å². The van der Waals surface area contributed by atoms with E-state index < -0.39 is 0 Å². The first-order chi connectivity index (χ1) is 9.33.